The third kappa shape index (κ3) is 1.81. The predicted octanol–water partition coefficient (Wildman–Crippen LogP) is 2.52. The van der Waals surface area contributed by atoms with Crippen LogP contribution in [0.15, 0.2) is 36.7 Å². The molecule has 0 saturated heterocycles. The summed E-state index contributed by atoms with van der Waals surface area (Å²) in [5.41, 5.74) is 12.4. The van der Waals surface area contributed by atoms with Crippen molar-refractivity contribution >= 4 is 33.1 Å². The molecule has 0 radical (unpaired) electrons. The number of hydrogen-bond donors (Lipinski definition) is 2. The van der Waals surface area contributed by atoms with E-state index in [2.05, 4.69) is 16.0 Å². The number of nitrogens with zero attached hydrogens (tertiary/aromatic N) is 2. The molecule has 0 aliphatic rings. The van der Waals surface area contributed by atoms with E-state index in [9.17, 15) is 0 Å². The number of thiazole rings is 1. The SMILES string of the molecule is Nc1cc2cc(-c3cnc(N)s3)ccc2cn1. The summed E-state index contributed by atoms with van der Waals surface area (Å²) in [4.78, 5) is 9.17. The largest absolute Gasteiger partial charge is 0.384 e. The summed E-state index contributed by atoms with van der Waals surface area (Å²) >= 11 is 1.47. The van der Waals surface area contributed by atoms with Crippen molar-refractivity contribution in [2.24, 2.45) is 0 Å². The number of hydrogen-bond acceptors (Lipinski definition) is 5. The second kappa shape index (κ2) is 3.71. The van der Waals surface area contributed by atoms with Gasteiger partial charge in [-0.05, 0) is 23.1 Å². The Kier molecular flexibility index (Phi) is 2.19. The minimum absolute atomic E-state index is 0.526. The van der Waals surface area contributed by atoms with Crippen LogP contribution in [0.3, 0.4) is 0 Å². The summed E-state index contributed by atoms with van der Waals surface area (Å²) in [6.07, 6.45) is 3.56. The van der Waals surface area contributed by atoms with Crippen molar-refractivity contribution in [3.05, 3.63) is 36.7 Å². The lowest BCUT2D eigenvalue weighted by Crippen LogP contribution is -1.88. The lowest BCUT2D eigenvalue weighted by atomic mass is 10.1. The fraction of sp³-hybridized carbons (Fsp3) is 0. The van der Waals surface area contributed by atoms with E-state index in [4.69, 9.17) is 11.5 Å². The molecule has 2 aromatic heterocycles. The van der Waals surface area contributed by atoms with Crippen molar-refractivity contribution in [2.75, 3.05) is 11.5 Å². The number of pyridine rings is 1. The Morgan fingerprint density at radius 2 is 1.82 bits per heavy atom. The first-order valence-corrected chi connectivity index (χ1v) is 5.91. The Bertz CT molecular complexity index is 690. The highest BCUT2D eigenvalue weighted by atomic mass is 32.1. The minimum Gasteiger partial charge on any atom is -0.384 e. The molecule has 0 amide bonds. The Labute approximate surface area is 102 Å². The third-order valence-electron chi connectivity index (χ3n) is 2.55. The van der Waals surface area contributed by atoms with Gasteiger partial charge in [0.15, 0.2) is 5.13 Å². The fourth-order valence-electron chi connectivity index (χ4n) is 1.73. The van der Waals surface area contributed by atoms with Gasteiger partial charge in [0.1, 0.15) is 5.82 Å². The Morgan fingerprint density at radius 1 is 0.941 bits per heavy atom. The Balaban J connectivity index is 2.18. The predicted molar refractivity (Wildman–Crippen MR) is 71.7 cm³/mol. The van der Waals surface area contributed by atoms with Crippen molar-refractivity contribution in [1.29, 1.82) is 0 Å². The molecular formula is C12H10N4S. The maximum atomic E-state index is 5.68. The van der Waals surface area contributed by atoms with Crippen LogP contribution in [0, 0.1) is 0 Å². The van der Waals surface area contributed by atoms with Gasteiger partial charge in [-0.2, -0.15) is 0 Å². The molecule has 0 aliphatic carbocycles. The van der Waals surface area contributed by atoms with Crippen LogP contribution in [-0.4, -0.2) is 9.97 Å². The maximum Gasteiger partial charge on any atom is 0.180 e. The minimum atomic E-state index is 0.526. The van der Waals surface area contributed by atoms with Gasteiger partial charge in [0.2, 0.25) is 0 Å². The number of nitrogen functional groups attached to an aromatic ring is 2. The van der Waals surface area contributed by atoms with Crippen LogP contribution >= 0.6 is 11.3 Å². The monoisotopic (exact) mass is 242 g/mol. The summed E-state index contributed by atoms with van der Waals surface area (Å²) in [6.45, 7) is 0. The lowest BCUT2D eigenvalue weighted by Gasteiger charge is -2.01. The van der Waals surface area contributed by atoms with Crippen LogP contribution in [0.1, 0.15) is 0 Å². The molecule has 0 aliphatic heterocycles. The quantitative estimate of drug-likeness (QED) is 0.687. The molecule has 0 unspecified atom stereocenters. The highest BCUT2D eigenvalue weighted by Gasteiger charge is 2.03. The van der Waals surface area contributed by atoms with Crippen LogP contribution in [0.2, 0.25) is 0 Å². The number of anilines is 2. The van der Waals surface area contributed by atoms with E-state index in [-0.39, 0.29) is 0 Å². The zero-order chi connectivity index (χ0) is 11.8. The van der Waals surface area contributed by atoms with Gasteiger partial charge in [-0.25, -0.2) is 9.97 Å². The van der Waals surface area contributed by atoms with Gasteiger partial charge in [-0.15, -0.1) is 0 Å². The van der Waals surface area contributed by atoms with Crippen molar-refractivity contribution in [2.45, 2.75) is 0 Å². The van der Waals surface area contributed by atoms with E-state index in [0.29, 0.717) is 10.9 Å². The van der Waals surface area contributed by atoms with Crippen LogP contribution in [0.5, 0.6) is 0 Å². The Morgan fingerprint density at radius 3 is 2.59 bits per heavy atom. The molecular weight excluding hydrogens is 232 g/mol. The molecule has 0 saturated carbocycles. The molecule has 3 aromatic rings. The third-order valence-corrected chi connectivity index (χ3v) is 3.43. The number of fused-ring (bicyclic) bond motifs is 1. The van der Waals surface area contributed by atoms with E-state index >= 15 is 0 Å². The average Bonchev–Trinajstić information content (AvgIpc) is 2.75. The van der Waals surface area contributed by atoms with Gasteiger partial charge in [0.25, 0.3) is 0 Å². The first-order valence-electron chi connectivity index (χ1n) is 5.09. The summed E-state index contributed by atoms with van der Waals surface area (Å²) in [6, 6.07) is 7.99. The van der Waals surface area contributed by atoms with Crippen LogP contribution in [0.4, 0.5) is 10.9 Å². The molecule has 3 rings (SSSR count). The number of rotatable bonds is 1. The maximum absolute atomic E-state index is 5.68. The summed E-state index contributed by atoms with van der Waals surface area (Å²) in [5, 5.41) is 2.72. The number of aromatic nitrogens is 2. The molecule has 0 atom stereocenters. The standard InChI is InChI=1S/C12H10N4S/c13-11-4-9-3-7(1-2-8(9)5-15-11)10-6-16-12(14)17-10/h1-6H,(H2,13,15)(H2,14,16). The van der Waals surface area contributed by atoms with Gasteiger partial charge < -0.3 is 11.5 Å². The molecule has 0 fully saturated rings. The zero-order valence-corrected chi connectivity index (χ0v) is 9.74. The van der Waals surface area contributed by atoms with Gasteiger partial charge in [-0.3, -0.25) is 0 Å². The molecule has 17 heavy (non-hydrogen) atoms. The molecule has 4 nitrogen and oxygen atoms in total. The summed E-state index contributed by atoms with van der Waals surface area (Å²) in [5.74, 6) is 0.526. The highest BCUT2D eigenvalue weighted by Crippen LogP contribution is 2.29. The first kappa shape index (κ1) is 10.0. The van der Waals surface area contributed by atoms with E-state index in [1.54, 1.807) is 12.4 Å². The summed E-state index contributed by atoms with van der Waals surface area (Å²) < 4.78 is 0. The van der Waals surface area contributed by atoms with E-state index < -0.39 is 0 Å². The van der Waals surface area contributed by atoms with E-state index in [1.807, 2.05) is 18.2 Å². The van der Waals surface area contributed by atoms with Crippen molar-refractivity contribution in [1.82, 2.24) is 9.97 Å². The average molecular weight is 242 g/mol. The number of nitrogens with two attached hydrogens (primary N) is 2. The molecule has 4 N–H and O–H groups in total. The normalized spacial score (nSPS) is 10.8. The van der Waals surface area contributed by atoms with E-state index in [1.165, 1.54) is 11.3 Å². The second-order valence-electron chi connectivity index (χ2n) is 3.73. The molecule has 0 spiro atoms. The highest BCUT2D eigenvalue weighted by molar-refractivity contribution is 7.18. The van der Waals surface area contributed by atoms with Gasteiger partial charge in [-0.1, -0.05) is 23.5 Å². The first-order chi connectivity index (χ1) is 8.22. The van der Waals surface area contributed by atoms with Crippen LogP contribution < -0.4 is 11.5 Å². The van der Waals surface area contributed by atoms with Crippen molar-refractivity contribution in [3.63, 3.8) is 0 Å². The molecule has 84 valence electrons. The molecule has 1 aromatic carbocycles. The molecule has 2 heterocycles. The molecule has 5 heteroatoms. The lowest BCUT2D eigenvalue weighted by molar-refractivity contribution is 1.37. The van der Waals surface area contributed by atoms with Crippen LogP contribution in [0.25, 0.3) is 21.2 Å². The van der Waals surface area contributed by atoms with Gasteiger partial charge in [0, 0.05) is 17.8 Å². The van der Waals surface area contributed by atoms with Crippen molar-refractivity contribution in [3.8, 4) is 10.4 Å². The van der Waals surface area contributed by atoms with E-state index in [0.717, 1.165) is 21.2 Å². The van der Waals surface area contributed by atoms with Crippen LogP contribution in [-0.2, 0) is 0 Å². The Hall–Kier alpha value is -2.14. The zero-order valence-electron chi connectivity index (χ0n) is 8.92. The van der Waals surface area contributed by atoms with Gasteiger partial charge >= 0.3 is 0 Å². The molecule has 0 bridgehead atoms. The summed E-state index contributed by atoms with van der Waals surface area (Å²) in [7, 11) is 0. The number of benzene rings is 1. The smallest absolute Gasteiger partial charge is 0.180 e. The van der Waals surface area contributed by atoms with Crippen molar-refractivity contribution < 1.29 is 0 Å². The topological polar surface area (TPSA) is 77.8 Å². The second-order valence-corrected chi connectivity index (χ2v) is 4.80. The fourth-order valence-corrected chi connectivity index (χ4v) is 2.41. The van der Waals surface area contributed by atoms with Gasteiger partial charge in [0.05, 0.1) is 4.88 Å².